The van der Waals surface area contributed by atoms with Gasteiger partial charge in [0.05, 0.1) is 23.2 Å². The molecule has 0 spiro atoms. The molecule has 0 radical (unpaired) electrons. The van der Waals surface area contributed by atoms with E-state index in [0.717, 1.165) is 24.2 Å². The summed E-state index contributed by atoms with van der Waals surface area (Å²) in [7, 11) is -3.45. The molecule has 0 aliphatic carbocycles. The van der Waals surface area contributed by atoms with Crippen molar-refractivity contribution >= 4 is 27.7 Å². The van der Waals surface area contributed by atoms with Crippen LogP contribution in [0.15, 0.2) is 65.6 Å². The molecule has 1 unspecified atom stereocenters. The lowest BCUT2D eigenvalue weighted by Crippen LogP contribution is -2.39. The van der Waals surface area contributed by atoms with Crippen molar-refractivity contribution in [1.82, 2.24) is 10.2 Å². The highest BCUT2D eigenvalue weighted by Gasteiger charge is 2.32. The van der Waals surface area contributed by atoms with Crippen LogP contribution in [0.3, 0.4) is 0 Å². The van der Waals surface area contributed by atoms with Crippen LogP contribution >= 0.6 is 0 Å². The average molecular weight is 489 g/mol. The Morgan fingerprint density at radius 1 is 0.941 bits per heavy atom. The van der Waals surface area contributed by atoms with Gasteiger partial charge in [0.2, 0.25) is 5.91 Å². The number of fused-ring (bicyclic) bond motifs is 2. The monoisotopic (exact) mass is 488 g/mol. The smallest absolute Gasteiger partial charge is 0.328 e. The Labute approximate surface area is 198 Å². The molecule has 9 nitrogen and oxygen atoms in total. The lowest BCUT2D eigenvalue weighted by atomic mass is 9.95. The van der Waals surface area contributed by atoms with Crippen LogP contribution in [-0.4, -0.2) is 61.0 Å². The van der Waals surface area contributed by atoms with Gasteiger partial charge in [0.25, 0.3) is 0 Å². The third-order valence-electron chi connectivity index (χ3n) is 5.21. The Hall–Kier alpha value is -3.50. The van der Waals surface area contributed by atoms with Crippen LogP contribution in [0.5, 0.6) is 0 Å². The van der Waals surface area contributed by atoms with Gasteiger partial charge in [0, 0.05) is 12.2 Å². The van der Waals surface area contributed by atoms with Gasteiger partial charge in [-0.2, -0.15) is 0 Å². The van der Waals surface area contributed by atoms with Crippen LogP contribution < -0.4 is 5.32 Å². The molecule has 2 aromatic carbocycles. The maximum atomic E-state index is 12.8. The van der Waals surface area contributed by atoms with Crippen molar-refractivity contribution in [3.05, 3.63) is 77.4 Å². The molecule has 0 bridgehead atoms. The highest BCUT2D eigenvalue weighted by Crippen LogP contribution is 2.36. The molecule has 1 atom stereocenters. The third kappa shape index (κ3) is 7.26. The molecule has 182 valence electrons. The van der Waals surface area contributed by atoms with Gasteiger partial charge >= 0.3 is 11.9 Å². The van der Waals surface area contributed by atoms with Gasteiger partial charge in [-0.3, -0.25) is 9.69 Å². The Bertz CT molecular complexity index is 1160. The zero-order valence-corrected chi connectivity index (χ0v) is 19.8. The molecule has 1 aliphatic rings. The molecule has 34 heavy (non-hydrogen) atoms. The molecule has 0 saturated heterocycles. The van der Waals surface area contributed by atoms with E-state index in [2.05, 4.69) is 5.32 Å². The molecule has 10 heteroatoms. The molecule has 0 aromatic heterocycles. The maximum absolute atomic E-state index is 12.8. The van der Waals surface area contributed by atoms with Crippen LogP contribution in [0.1, 0.15) is 36.6 Å². The van der Waals surface area contributed by atoms with Gasteiger partial charge in [0.1, 0.15) is 0 Å². The topological polar surface area (TPSA) is 141 Å². The second-order valence-electron chi connectivity index (χ2n) is 7.47. The van der Waals surface area contributed by atoms with Gasteiger partial charge in [-0.1, -0.05) is 56.3 Å². The lowest BCUT2D eigenvalue weighted by Gasteiger charge is -2.23. The van der Waals surface area contributed by atoms with Crippen molar-refractivity contribution in [2.24, 2.45) is 0 Å². The molecule has 3 N–H and O–H groups in total. The van der Waals surface area contributed by atoms with Crippen molar-refractivity contribution in [2.75, 3.05) is 19.6 Å². The van der Waals surface area contributed by atoms with Crippen molar-refractivity contribution in [3.63, 3.8) is 0 Å². The lowest BCUT2D eigenvalue weighted by molar-refractivity contribution is -0.134. The largest absolute Gasteiger partial charge is 0.478 e. The van der Waals surface area contributed by atoms with Crippen LogP contribution in [0.2, 0.25) is 0 Å². The summed E-state index contributed by atoms with van der Waals surface area (Å²) in [6, 6.07) is 13.9. The summed E-state index contributed by atoms with van der Waals surface area (Å²) >= 11 is 0. The summed E-state index contributed by atoms with van der Waals surface area (Å²) in [5, 5.41) is 18.7. The number of carboxylic acid groups (broad SMARTS) is 2. The van der Waals surface area contributed by atoms with E-state index >= 15 is 0 Å². The molecule has 0 saturated carbocycles. The first-order chi connectivity index (χ1) is 16.1. The van der Waals surface area contributed by atoms with Crippen molar-refractivity contribution in [3.8, 4) is 0 Å². The minimum Gasteiger partial charge on any atom is -0.478 e. The summed E-state index contributed by atoms with van der Waals surface area (Å²) in [5.41, 5.74) is 2.20. The number of aliphatic carboxylic acids is 2. The number of benzene rings is 2. The quantitative estimate of drug-likeness (QED) is 0.504. The molecule has 1 heterocycles. The van der Waals surface area contributed by atoms with E-state index in [1.807, 2.05) is 49.1 Å². The maximum Gasteiger partial charge on any atom is 0.328 e. The molecular weight excluding hydrogens is 460 g/mol. The number of sulfone groups is 1. The van der Waals surface area contributed by atoms with E-state index in [-0.39, 0.29) is 11.7 Å². The first-order valence-corrected chi connectivity index (χ1v) is 12.3. The molecule has 3 rings (SSSR count). The molecule has 2 aromatic rings. The number of nitrogens with one attached hydrogen (secondary N) is 1. The van der Waals surface area contributed by atoms with Crippen molar-refractivity contribution in [2.45, 2.75) is 30.5 Å². The van der Waals surface area contributed by atoms with Gasteiger partial charge in [-0.25, -0.2) is 18.0 Å². The highest BCUT2D eigenvalue weighted by molar-refractivity contribution is 7.90. The summed E-state index contributed by atoms with van der Waals surface area (Å²) in [4.78, 5) is 34.1. The molecule has 0 fully saturated rings. The number of carboxylic acids is 2. The third-order valence-corrected chi connectivity index (χ3v) is 6.95. The predicted octanol–water partition coefficient (Wildman–Crippen LogP) is 2.23. The molecule has 1 amide bonds. The number of hydrogen-bond acceptors (Lipinski definition) is 6. The first kappa shape index (κ1) is 26.7. The van der Waals surface area contributed by atoms with Crippen molar-refractivity contribution < 1.29 is 33.0 Å². The highest BCUT2D eigenvalue weighted by atomic mass is 32.2. The number of carbonyl (C=O) groups is 3. The van der Waals surface area contributed by atoms with Crippen LogP contribution in [-0.2, 0) is 30.0 Å². The first-order valence-electron chi connectivity index (χ1n) is 10.6. The number of nitrogens with zero attached hydrogens (tertiary/aromatic N) is 1. The van der Waals surface area contributed by atoms with Crippen LogP contribution in [0.25, 0.3) is 0 Å². The van der Waals surface area contributed by atoms with Gasteiger partial charge in [-0.15, -0.1) is 0 Å². The second kappa shape index (κ2) is 12.1. The van der Waals surface area contributed by atoms with Gasteiger partial charge in [-0.05, 0) is 35.8 Å². The second-order valence-corrected chi connectivity index (χ2v) is 9.43. The number of likely N-dealkylation sites (N-methyl/N-ethyl adjacent to an activating group) is 1. The van der Waals surface area contributed by atoms with E-state index in [0.29, 0.717) is 29.2 Å². The summed E-state index contributed by atoms with van der Waals surface area (Å²) in [6.07, 6.45) is 1.12. The van der Waals surface area contributed by atoms with Crippen LogP contribution in [0.4, 0.5) is 0 Å². The normalized spacial score (nSPS) is 15.9. The standard InChI is InChI=1S/C20H24N2O3S.C4H4O4/c1-3-22(4-2)13-19(23)21-20-16-10-6-5-9-15(16)14-26(24,25)18-12-8-7-11-17(18)20;5-3(6)1-2-4(7)8/h5-12,20H,3-4,13-14H2,1-2H3,(H,21,23);1-2H,(H,5,6)(H,7,8). The van der Waals surface area contributed by atoms with E-state index in [1.165, 1.54) is 0 Å². The number of amides is 1. The Balaban J connectivity index is 0.000000440. The Kier molecular flexibility index (Phi) is 9.52. The fourth-order valence-electron chi connectivity index (χ4n) is 3.55. The summed E-state index contributed by atoms with van der Waals surface area (Å²) in [5.74, 6) is -2.68. The summed E-state index contributed by atoms with van der Waals surface area (Å²) in [6.45, 7) is 5.89. The Morgan fingerprint density at radius 3 is 2.03 bits per heavy atom. The number of hydrogen-bond donors (Lipinski definition) is 3. The zero-order valence-electron chi connectivity index (χ0n) is 19.0. The minimum absolute atomic E-state index is 0.0530. The van der Waals surface area contributed by atoms with E-state index in [1.54, 1.807) is 18.2 Å². The molecule has 1 aliphatic heterocycles. The molecular formula is C24H28N2O7S. The fourth-order valence-corrected chi connectivity index (χ4v) is 5.21. The van der Waals surface area contributed by atoms with Gasteiger partial charge < -0.3 is 15.5 Å². The van der Waals surface area contributed by atoms with Crippen LogP contribution in [0, 0.1) is 0 Å². The SMILES string of the molecule is CCN(CC)CC(=O)NC1c2ccccc2CS(=O)(=O)c2ccccc21.O=C(O)C=CC(=O)O. The van der Waals surface area contributed by atoms with E-state index < -0.39 is 27.8 Å². The Morgan fingerprint density at radius 2 is 1.47 bits per heavy atom. The van der Waals surface area contributed by atoms with Crippen molar-refractivity contribution in [1.29, 1.82) is 0 Å². The summed E-state index contributed by atoms with van der Waals surface area (Å²) < 4.78 is 25.7. The zero-order chi connectivity index (χ0) is 25.3. The minimum atomic E-state index is -3.45. The average Bonchev–Trinajstić information content (AvgIpc) is 2.89. The number of rotatable bonds is 7. The van der Waals surface area contributed by atoms with Gasteiger partial charge in [0.15, 0.2) is 9.84 Å². The fraction of sp³-hybridized carbons (Fsp3) is 0.292. The van der Waals surface area contributed by atoms with E-state index in [9.17, 15) is 22.8 Å². The van der Waals surface area contributed by atoms with E-state index in [4.69, 9.17) is 10.2 Å². The predicted molar refractivity (Wildman–Crippen MR) is 126 cm³/mol. The number of carbonyl (C=O) groups excluding carboxylic acids is 1.